The van der Waals surface area contributed by atoms with Crippen LogP contribution in [0.5, 0.6) is 5.75 Å². The lowest BCUT2D eigenvalue weighted by Gasteiger charge is -2.44. The Labute approximate surface area is 226 Å². The number of rotatable bonds is 8. The van der Waals surface area contributed by atoms with Crippen LogP contribution in [-0.2, 0) is 6.54 Å². The molecule has 5 N–H and O–H groups in total. The summed E-state index contributed by atoms with van der Waals surface area (Å²) in [6.07, 6.45) is -2.81. The van der Waals surface area contributed by atoms with E-state index in [9.17, 15) is 22.7 Å². The van der Waals surface area contributed by atoms with E-state index in [1.54, 1.807) is 21.6 Å². The van der Waals surface area contributed by atoms with E-state index >= 15 is 0 Å². The number of nitrogens with zero attached hydrogens (tertiary/aromatic N) is 6. The lowest BCUT2D eigenvalue weighted by atomic mass is 9.84. The van der Waals surface area contributed by atoms with E-state index in [0.717, 1.165) is 0 Å². The molecule has 1 saturated heterocycles. The molecule has 14 heteroatoms. The Bertz CT molecular complexity index is 1520. The monoisotopic (exact) mass is 560 g/mol. The number of piperidine rings is 1. The van der Waals surface area contributed by atoms with Crippen molar-refractivity contribution in [1.82, 2.24) is 24.5 Å². The van der Waals surface area contributed by atoms with Crippen molar-refractivity contribution in [2.24, 2.45) is 5.73 Å². The minimum Gasteiger partial charge on any atom is -0.497 e. The van der Waals surface area contributed by atoms with E-state index in [1.807, 2.05) is 0 Å². The van der Waals surface area contributed by atoms with E-state index in [2.05, 4.69) is 19.9 Å². The number of aliphatic hydroxyl groups excluding tert-OH is 1. The number of hydrogen-bond donors (Lipinski definition) is 3. The molecule has 10 nitrogen and oxygen atoms in total. The second kappa shape index (κ2) is 10.8. The maximum absolute atomic E-state index is 14.0. The molecule has 0 aliphatic carbocycles. The Balaban J connectivity index is 1.61. The predicted octanol–water partition coefficient (Wildman–Crippen LogP) is 3.39. The topological polar surface area (TPSA) is 141 Å². The number of fused-ring (bicyclic) bond motifs is 1. The molecule has 1 aliphatic heterocycles. The molecule has 3 aromatic heterocycles. The minimum absolute atomic E-state index is 0.0584. The third-order valence-corrected chi connectivity index (χ3v) is 7.23. The van der Waals surface area contributed by atoms with Gasteiger partial charge in [-0.15, -0.1) is 0 Å². The van der Waals surface area contributed by atoms with E-state index < -0.39 is 24.5 Å². The normalized spacial score (nSPS) is 18.6. The van der Waals surface area contributed by atoms with Gasteiger partial charge in [0.05, 0.1) is 43.1 Å². The van der Waals surface area contributed by atoms with Gasteiger partial charge in [0.1, 0.15) is 23.7 Å². The van der Waals surface area contributed by atoms with Crippen molar-refractivity contribution in [2.75, 3.05) is 30.8 Å². The average molecular weight is 561 g/mol. The van der Waals surface area contributed by atoms with Gasteiger partial charge in [0.15, 0.2) is 11.5 Å². The number of methoxy groups -OCH3 is 1. The van der Waals surface area contributed by atoms with Crippen molar-refractivity contribution in [2.45, 2.75) is 43.9 Å². The Hall–Kier alpha value is -4.04. The zero-order valence-corrected chi connectivity index (χ0v) is 21.5. The highest BCUT2D eigenvalue weighted by Gasteiger charge is 2.43. The van der Waals surface area contributed by atoms with Crippen LogP contribution in [0.3, 0.4) is 0 Å². The number of aromatic nitrogens is 5. The van der Waals surface area contributed by atoms with Crippen molar-refractivity contribution in [3.05, 3.63) is 54.2 Å². The third-order valence-electron chi connectivity index (χ3n) is 7.23. The molecule has 1 aliphatic rings. The van der Waals surface area contributed by atoms with Gasteiger partial charge in [-0.3, -0.25) is 4.98 Å². The summed E-state index contributed by atoms with van der Waals surface area (Å²) < 4.78 is 61.7. The van der Waals surface area contributed by atoms with Crippen LogP contribution in [0, 0.1) is 0 Å². The summed E-state index contributed by atoms with van der Waals surface area (Å²) in [7, 11) is 1.39. The Morgan fingerprint density at radius 1 is 1.12 bits per heavy atom. The number of hydrogen-bond acceptors (Lipinski definition) is 9. The van der Waals surface area contributed by atoms with Crippen LogP contribution in [0.2, 0.25) is 0 Å². The number of anilines is 2. The largest absolute Gasteiger partial charge is 0.497 e. The number of benzene rings is 1. The number of alkyl halides is 4. The highest BCUT2D eigenvalue weighted by Crippen LogP contribution is 2.37. The fourth-order valence-corrected chi connectivity index (χ4v) is 5.14. The van der Waals surface area contributed by atoms with Gasteiger partial charge in [-0.05, 0) is 42.7 Å². The first-order chi connectivity index (χ1) is 19.1. The molecule has 5 rings (SSSR count). The van der Waals surface area contributed by atoms with Crippen molar-refractivity contribution in [3.8, 4) is 17.0 Å². The van der Waals surface area contributed by atoms with Crippen molar-refractivity contribution in [1.29, 1.82) is 0 Å². The molecule has 0 spiro atoms. The second-order valence-electron chi connectivity index (χ2n) is 9.79. The smallest absolute Gasteiger partial charge is 0.265 e. The van der Waals surface area contributed by atoms with Gasteiger partial charge in [-0.25, -0.2) is 32.5 Å². The Morgan fingerprint density at radius 2 is 1.93 bits per heavy atom. The average Bonchev–Trinajstić information content (AvgIpc) is 3.36. The lowest BCUT2D eigenvalue weighted by molar-refractivity contribution is -0.0529. The Morgan fingerprint density at radius 3 is 2.65 bits per heavy atom. The molecule has 0 bridgehead atoms. The zero-order valence-electron chi connectivity index (χ0n) is 21.5. The third kappa shape index (κ3) is 5.11. The number of pyridine rings is 1. The molecule has 0 amide bonds. The van der Waals surface area contributed by atoms with Crippen LogP contribution in [0.4, 0.5) is 29.1 Å². The standard InChI is InChI=1S/C26H28F4N8O2/c1-40-15-3-4-16(17(8-15)22(27)28)18-7-14(10-38-13-36-20-24(31)34-12-35-25(20)38)19(9-33-18)37-6-2-5-26(32,11-37)21(39)23(29)30/h3-4,7-9,12-13,21-23,39H,2,5-6,10-11,32H2,1H3,(H2,31,34,35)/t21-,26?/m1/s1. The first-order valence-electron chi connectivity index (χ1n) is 12.5. The summed E-state index contributed by atoms with van der Waals surface area (Å²) in [6, 6.07) is 6.00. The molecular formula is C26H28F4N8O2. The predicted molar refractivity (Wildman–Crippen MR) is 140 cm³/mol. The van der Waals surface area contributed by atoms with E-state index in [0.29, 0.717) is 35.4 Å². The molecule has 4 aromatic rings. The summed E-state index contributed by atoms with van der Waals surface area (Å²) >= 11 is 0. The van der Waals surface area contributed by atoms with Gasteiger partial charge in [0.25, 0.3) is 12.9 Å². The lowest BCUT2D eigenvalue weighted by Crippen LogP contribution is -2.63. The molecule has 1 unspecified atom stereocenters. The fraction of sp³-hybridized carbons (Fsp3) is 0.385. The van der Waals surface area contributed by atoms with E-state index in [-0.39, 0.29) is 47.9 Å². The molecule has 0 radical (unpaired) electrons. The maximum atomic E-state index is 14.0. The summed E-state index contributed by atoms with van der Waals surface area (Å²) in [5.74, 6) is 0.479. The summed E-state index contributed by atoms with van der Waals surface area (Å²) in [5, 5.41) is 10.2. The fourth-order valence-electron chi connectivity index (χ4n) is 5.14. The highest BCUT2D eigenvalue weighted by atomic mass is 19.3. The van der Waals surface area contributed by atoms with E-state index in [1.165, 1.54) is 38.1 Å². The first kappa shape index (κ1) is 27.5. The van der Waals surface area contributed by atoms with Gasteiger partial charge >= 0.3 is 0 Å². The zero-order chi connectivity index (χ0) is 28.6. The molecule has 40 heavy (non-hydrogen) atoms. The molecule has 4 heterocycles. The molecule has 0 saturated carbocycles. The van der Waals surface area contributed by atoms with Crippen LogP contribution in [0.25, 0.3) is 22.4 Å². The summed E-state index contributed by atoms with van der Waals surface area (Å²) in [4.78, 5) is 18.8. The molecule has 212 valence electrons. The SMILES string of the molecule is COc1ccc(-c2cc(Cn3cnc4c(N)ncnc43)c(N3CCCC(N)([C@H](O)C(F)F)C3)cn2)c(C(F)F)c1. The number of nitrogen functional groups attached to an aromatic ring is 1. The van der Waals surface area contributed by atoms with Crippen LogP contribution < -0.4 is 21.1 Å². The van der Waals surface area contributed by atoms with Gasteiger partial charge in [0.2, 0.25) is 0 Å². The summed E-state index contributed by atoms with van der Waals surface area (Å²) in [5.41, 5.74) is 12.9. The second-order valence-corrected chi connectivity index (χ2v) is 9.79. The summed E-state index contributed by atoms with van der Waals surface area (Å²) in [6.45, 7) is 0.578. The van der Waals surface area contributed by atoms with Gasteiger partial charge in [-0.2, -0.15) is 0 Å². The quantitative estimate of drug-likeness (QED) is 0.277. The van der Waals surface area contributed by atoms with Gasteiger partial charge in [-0.1, -0.05) is 0 Å². The van der Waals surface area contributed by atoms with E-state index in [4.69, 9.17) is 16.2 Å². The van der Waals surface area contributed by atoms with Gasteiger partial charge < -0.3 is 30.8 Å². The van der Waals surface area contributed by atoms with Crippen molar-refractivity contribution >= 4 is 22.7 Å². The number of ether oxygens (including phenoxy) is 1. The maximum Gasteiger partial charge on any atom is 0.265 e. The minimum atomic E-state index is -3.00. The number of nitrogens with two attached hydrogens (primary N) is 2. The van der Waals surface area contributed by atoms with Crippen LogP contribution in [-0.4, -0.2) is 67.9 Å². The number of imidazole rings is 1. The highest BCUT2D eigenvalue weighted by molar-refractivity contribution is 5.81. The molecule has 2 atom stereocenters. The van der Waals surface area contributed by atoms with Gasteiger partial charge in [0, 0.05) is 24.2 Å². The molecule has 1 fully saturated rings. The number of halogens is 4. The first-order valence-corrected chi connectivity index (χ1v) is 12.5. The molecular weight excluding hydrogens is 532 g/mol. The number of aliphatic hydroxyl groups is 1. The van der Waals surface area contributed by atoms with Crippen molar-refractivity contribution < 1.29 is 27.4 Å². The van der Waals surface area contributed by atoms with Crippen LogP contribution in [0.15, 0.2) is 43.1 Å². The molecule has 1 aromatic carbocycles. The van der Waals surface area contributed by atoms with Crippen molar-refractivity contribution in [3.63, 3.8) is 0 Å². The van der Waals surface area contributed by atoms with Crippen LogP contribution in [0.1, 0.15) is 30.4 Å². The van der Waals surface area contributed by atoms with Crippen LogP contribution >= 0.6 is 0 Å². The Kier molecular flexibility index (Phi) is 7.47.